The molecule has 0 aliphatic carbocycles. The molecule has 7 heteroatoms. The molecule has 4 rings (SSSR count). The summed E-state index contributed by atoms with van der Waals surface area (Å²) in [4.78, 5) is 13.1. The Labute approximate surface area is 200 Å². The Bertz CT molecular complexity index is 1110. The van der Waals surface area contributed by atoms with Crippen LogP contribution in [0.4, 0.5) is 5.69 Å². The average molecular weight is 465 g/mol. The van der Waals surface area contributed by atoms with Crippen LogP contribution in [-0.4, -0.2) is 42.5 Å². The minimum Gasteiger partial charge on any atom is -0.494 e. The fraction of sp³-hybridized carbons (Fsp3) is 0.407. The Morgan fingerprint density at radius 3 is 2.85 bits per heavy atom. The molecule has 1 fully saturated rings. The van der Waals surface area contributed by atoms with Crippen LogP contribution in [-0.2, 0) is 16.1 Å². The number of carboxylic acid groups (broad SMARTS) is 1. The van der Waals surface area contributed by atoms with E-state index in [2.05, 4.69) is 35.2 Å². The van der Waals surface area contributed by atoms with E-state index in [1.165, 1.54) is 24.9 Å². The van der Waals surface area contributed by atoms with Crippen molar-refractivity contribution in [3.63, 3.8) is 0 Å². The van der Waals surface area contributed by atoms with Gasteiger partial charge in [0.05, 0.1) is 13.2 Å². The van der Waals surface area contributed by atoms with Gasteiger partial charge in [-0.1, -0.05) is 17.3 Å². The van der Waals surface area contributed by atoms with Crippen LogP contribution in [0.3, 0.4) is 0 Å². The molecule has 34 heavy (non-hydrogen) atoms. The fourth-order valence-corrected chi connectivity index (χ4v) is 4.45. The molecule has 0 bridgehead atoms. The second kappa shape index (κ2) is 11.2. The fourth-order valence-electron chi connectivity index (χ4n) is 4.45. The van der Waals surface area contributed by atoms with Gasteiger partial charge in [0.2, 0.25) is 0 Å². The van der Waals surface area contributed by atoms with Crippen LogP contribution in [0.1, 0.15) is 44.6 Å². The quantitative estimate of drug-likeness (QED) is 0.381. The van der Waals surface area contributed by atoms with Gasteiger partial charge in [-0.05, 0) is 62.9 Å². The number of benzene rings is 2. The van der Waals surface area contributed by atoms with Crippen LogP contribution in [0.2, 0.25) is 0 Å². The van der Waals surface area contributed by atoms with Crippen molar-refractivity contribution in [2.24, 2.45) is 0 Å². The molecule has 1 atom stereocenters. The molecule has 0 spiro atoms. The first-order valence-electron chi connectivity index (χ1n) is 11.9. The minimum atomic E-state index is -0.820. The summed E-state index contributed by atoms with van der Waals surface area (Å²) < 4.78 is 16.9. The third-order valence-corrected chi connectivity index (χ3v) is 6.22. The van der Waals surface area contributed by atoms with E-state index in [0.29, 0.717) is 42.9 Å². The number of ether oxygens (including phenoxy) is 2. The minimum absolute atomic E-state index is 0.0901. The SMILES string of the molecule is COCc1cc(-c2cc(-c3cccc(OCCCC(=O)O)c3)no2)ccc1N1CCCCC1C. The predicted molar refractivity (Wildman–Crippen MR) is 131 cm³/mol. The molecule has 1 saturated heterocycles. The van der Waals surface area contributed by atoms with E-state index in [0.717, 1.165) is 23.2 Å². The third kappa shape index (κ3) is 5.78. The topological polar surface area (TPSA) is 85.0 Å². The molecule has 1 aromatic heterocycles. The van der Waals surface area contributed by atoms with Gasteiger partial charge in [-0.3, -0.25) is 4.79 Å². The lowest BCUT2D eigenvalue weighted by atomic mass is 9.99. The summed E-state index contributed by atoms with van der Waals surface area (Å²) >= 11 is 0. The van der Waals surface area contributed by atoms with Crippen LogP contribution in [0, 0.1) is 0 Å². The molecule has 7 nitrogen and oxygen atoms in total. The number of methoxy groups -OCH3 is 1. The van der Waals surface area contributed by atoms with Crippen molar-refractivity contribution in [3.8, 4) is 28.3 Å². The first-order chi connectivity index (χ1) is 16.5. The van der Waals surface area contributed by atoms with Crippen LogP contribution in [0.25, 0.3) is 22.6 Å². The number of piperidine rings is 1. The Hall–Kier alpha value is -3.32. The lowest BCUT2D eigenvalue weighted by Crippen LogP contribution is -2.38. The van der Waals surface area contributed by atoms with Gasteiger partial charge in [-0.15, -0.1) is 0 Å². The maximum Gasteiger partial charge on any atom is 0.303 e. The molecule has 1 aliphatic heterocycles. The van der Waals surface area contributed by atoms with Gasteiger partial charge in [0.15, 0.2) is 5.76 Å². The van der Waals surface area contributed by atoms with Crippen molar-refractivity contribution in [3.05, 3.63) is 54.1 Å². The molecule has 180 valence electrons. The highest BCUT2D eigenvalue weighted by Gasteiger charge is 2.22. The highest BCUT2D eigenvalue weighted by Crippen LogP contribution is 2.34. The summed E-state index contributed by atoms with van der Waals surface area (Å²) in [5.41, 5.74) is 4.92. The summed E-state index contributed by atoms with van der Waals surface area (Å²) in [5, 5.41) is 13.0. The molecule has 1 N–H and O–H groups in total. The highest BCUT2D eigenvalue weighted by molar-refractivity contribution is 5.70. The van der Waals surface area contributed by atoms with E-state index in [1.807, 2.05) is 30.3 Å². The van der Waals surface area contributed by atoms with Gasteiger partial charge in [0.1, 0.15) is 11.4 Å². The Balaban J connectivity index is 1.52. The monoisotopic (exact) mass is 464 g/mol. The van der Waals surface area contributed by atoms with Gasteiger partial charge in [-0.2, -0.15) is 0 Å². The Kier molecular flexibility index (Phi) is 7.85. The zero-order chi connectivity index (χ0) is 23.9. The number of anilines is 1. The highest BCUT2D eigenvalue weighted by atomic mass is 16.5. The van der Waals surface area contributed by atoms with E-state index in [4.69, 9.17) is 19.1 Å². The summed E-state index contributed by atoms with van der Waals surface area (Å²) in [6.07, 6.45) is 4.26. The number of carbonyl (C=O) groups is 1. The van der Waals surface area contributed by atoms with Gasteiger partial charge in [-0.25, -0.2) is 0 Å². The molecule has 0 saturated carbocycles. The molecule has 1 unspecified atom stereocenters. The van der Waals surface area contributed by atoms with Crippen molar-refractivity contribution in [1.82, 2.24) is 5.16 Å². The molecule has 3 aromatic rings. The zero-order valence-electron chi connectivity index (χ0n) is 19.8. The molecular formula is C27H32N2O5. The molecule has 2 aromatic carbocycles. The van der Waals surface area contributed by atoms with E-state index in [-0.39, 0.29) is 6.42 Å². The van der Waals surface area contributed by atoms with Crippen molar-refractivity contribution < 1.29 is 23.9 Å². The maximum atomic E-state index is 10.7. The standard InChI is InChI=1S/C27H32N2O5/c1-19-7-3-4-13-29(19)25-12-11-21(15-22(25)18-32-2)26-17-24(28-34-26)20-8-5-9-23(16-20)33-14-6-10-27(30)31/h5,8-9,11-12,15-17,19H,3-4,6-7,10,13-14,18H2,1-2H3,(H,30,31). The first kappa shape index (κ1) is 23.8. The summed E-state index contributed by atoms with van der Waals surface area (Å²) in [6.45, 7) is 4.24. The summed E-state index contributed by atoms with van der Waals surface area (Å²) in [7, 11) is 1.72. The number of carboxylic acids is 1. The van der Waals surface area contributed by atoms with E-state index < -0.39 is 5.97 Å². The number of aromatic nitrogens is 1. The van der Waals surface area contributed by atoms with E-state index in [9.17, 15) is 4.79 Å². The number of rotatable bonds is 10. The van der Waals surface area contributed by atoms with Gasteiger partial charge >= 0.3 is 5.97 Å². The number of nitrogens with zero attached hydrogens (tertiary/aromatic N) is 2. The number of hydrogen-bond acceptors (Lipinski definition) is 6. The molecule has 2 heterocycles. The van der Waals surface area contributed by atoms with Crippen LogP contribution in [0.5, 0.6) is 5.75 Å². The first-order valence-corrected chi connectivity index (χ1v) is 11.9. The molecule has 1 aliphatic rings. The zero-order valence-corrected chi connectivity index (χ0v) is 19.8. The lowest BCUT2D eigenvalue weighted by Gasteiger charge is -2.36. The number of hydrogen-bond donors (Lipinski definition) is 1. The normalized spacial score (nSPS) is 15.9. The van der Waals surface area contributed by atoms with Crippen LogP contribution >= 0.6 is 0 Å². The van der Waals surface area contributed by atoms with Crippen molar-refractivity contribution in [2.45, 2.75) is 51.7 Å². The van der Waals surface area contributed by atoms with Crippen molar-refractivity contribution in [2.75, 3.05) is 25.2 Å². The maximum absolute atomic E-state index is 10.7. The summed E-state index contributed by atoms with van der Waals surface area (Å²) in [5.74, 6) is 0.549. The lowest BCUT2D eigenvalue weighted by molar-refractivity contribution is -0.137. The van der Waals surface area contributed by atoms with Crippen molar-refractivity contribution >= 4 is 11.7 Å². The van der Waals surface area contributed by atoms with Crippen molar-refractivity contribution in [1.29, 1.82) is 0 Å². The molecule has 0 amide bonds. The van der Waals surface area contributed by atoms with Crippen LogP contribution < -0.4 is 9.64 Å². The van der Waals surface area contributed by atoms with Gasteiger partial charge in [0, 0.05) is 54.6 Å². The van der Waals surface area contributed by atoms with Crippen LogP contribution in [0.15, 0.2) is 53.1 Å². The largest absolute Gasteiger partial charge is 0.494 e. The van der Waals surface area contributed by atoms with E-state index >= 15 is 0 Å². The smallest absolute Gasteiger partial charge is 0.303 e. The van der Waals surface area contributed by atoms with Gasteiger partial charge in [0.25, 0.3) is 0 Å². The average Bonchev–Trinajstić information content (AvgIpc) is 3.33. The van der Waals surface area contributed by atoms with Gasteiger partial charge < -0.3 is 24.0 Å². The second-order valence-electron chi connectivity index (χ2n) is 8.76. The predicted octanol–water partition coefficient (Wildman–Crippen LogP) is 5.78. The van der Waals surface area contributed by atoms with E-state index in [1.54, 1.807) is 7.11 Å². The third-order valence-electron chi connectivity index (χ3n) is 6.22. The molecule has 0 radical (unpaired) electrons. The number of aliphatic carboxylic acids is 1. The second-order valence-corrected chi connectivity index (χ2v) is 8.76. The molecular weight excluding hydrogens is 432 g/mol. The summed E-state index contributed by atoms with van der Waals surface area (Å²) in [6, 6.07) is 16.4. The Morgan fingerprint density at radius 2 is 2.06 bits per heavy atom. The Morgan fingerprint density at radius 1 is 1.18 bits per heavy atom.